The molecule has 124 valence electrons. The van der Waals surface area contributed by atoms with E-state index in [1.807, 2.05) is 54.6 Å². The summed E-state index contributed by atoms with van der Waals surface area (Å²) in [5, 5.41) is 8.96. The lowest BCUT2D eigenvalue weighted by molar-refractivity contribution is -0.123. The van der Waals surface area contributed by atoms with Gasteiger partial charge in [-0.1, -0.05) is 42.5 Å². The normalized spacial score (nSPS) is 17.6. The van der Waals surface area contributed by atoms with Gasteiger partial charge in [-0.05, 0) is 29.7 Å². The first-order valence-electron chi connectivity index (χ1n) is 7.91. The maximum atomic E-state index is 12.2. The Morgan fingerprint density at radius 3 is 2.46 bits per heavy atom. The molecule has 1 amide bonds. The van der Waals surface area contributed by atoms with E-state index in [4.69, 9.17) is 9.84 Å². The number of carbonyl (C=O) groups excluding carboxylic acids is 1. The molecule has 24 heavy (non-hydrogen) atoms. The molecule has 1 N–H and O–H groups in total. The quantitative estimate of drug-likeness (QED) is 0.936. The van der Waals surface area contributed by atoms with Gasteiger partial charge in [0.15, 0.2) is 5.78 Å². The molecular formula is C19H19NO4. The summed E-state index contributed by atoms with van der Waals surface area (Å²) in [6, 6.07) is 17.4. The average molecular weight is 325 g/mol. The van der Waals surface area contributed by atoms with Crippen molar-refractivity contribution in [1.82, 2.24) is 4.90 Å². The first-order chi connectivity index (χ1) is 11.6. The standard InChI is InChI=1S/C19H19NO4/c21-18-12-20(19(22)23)11-10-17(18)15-6-8-16(9-7-15)24-13-14-4-2-1-3-5-14/h1-9,17H,10-13H2,(H,22,23). The van der Waals surface area contributed by atoms with Crippen molar-refractivity contribution in [2.24, 2.45) is 0 Å². The largest absolute Gasteiger partial charge is 0.489 e. The Bertz CT molecular complexity index is 712. The second-order valence-corrected chi connectivity index (χ2v) is 5.86. The van der Waals surface area contributed by atoms with Crippen molar-refractivity contribution in [3.63, 3.8) is 0 Å². The number of benzene rings is 2. The summed E-state index contributed by atoms with van der Waals surface area (Å²) in [5.41, 5.74) is 2.01. The third-order valence-electron chi connectivity index (χ3n) is 4.22. The molecule has 3 rings (SSSR count). The monoisotopic (exact) mass is 325 g/mol. The Morgan fingerprint density at radius 2 is 1.83 bits per heavy atom. The van der Waals surface area contributed by atoms with Gasteiger partial charge in [0.25, 0.3) is 0 Å². The number of ether oxygens (including phenoxy) is 1. The highest BCUT2D eigenvalue weighted by Gasteiger charge is 2.30. The minimum atomic E-state index is -1.04. The average Bonchev–Trinajstić information content (AvgIpc) is 2.61. The number of piperidine rings is 1. The molecule has 1 unspecified atom stereocenters. The fourth-order valence-electron chi connectivity index (χ4n) is 2.88. The van der Waals surface area contributed by atoms with Crippen LogP contribution in [0.15, 0.2) is 54.6 Å². The number of ketones is 1. The Hall–Kier alpha value is -2.82. The Labute approximate surface area is 140 Å². The highest BCUT2D eigenvalue weighted by Crippen LogP contribution is 2.27. The van der Waals surface area contributed by atoms with E-state index in [2.05, 4.69) is 0 Å². The molecule has 2 aromatic rings. The third kappa shape index (κ3) is 3.74. The van der Waals surface area contributed by atoms with E-state index in [0.717, 1.165) is 21.8 Å². The Balaban J connectivity index is 1.60. The van der Waals surface area contributed by atoms with Crippen LogP contribution in [-0.2, 0) is 11.4 Å². The van der Waals surface area contributed by atoms with Gasteiger partial charge in [-0.3, -0.25) is 4.79 Å². The van der Waals surface area contributed by atoms with Gasteiger partial charge in [0.05, 0.1) is 6.54 Å². The molecule has 5 nitrogen and oxygen atoms in total. The van der Waals surface area contributed by atoms with E-state index in [9.17, 15) is 9.59 Å². The molecular weight excluding hydrogens is 306 g/mol. The van der Waals surface area contributed by atoms with Gasteiger partial charge in [0.1, 0.15) is 12.4 Å². The zero-order valence-corrected chi connectivity index (χ0v) is 13.2. The van der Waals surface area contributed by atoms with Crippen LogP contribution in [0.5, 0.6) is 5.75 Å². The molecule has 1 atom stereocenters. The van der Waals surface area contributed by atoms with Crippen molar-refractivity contribution in [3.05, 3.63) is 65.7 Å². The number of rotatable bonds is 4. The number of likely N-dealkylation sites (tertiary alicyclic amines) is 1. The number of carbonyl (C=O) groups is 2. The van der Waals surface area contributed by atoms with Gasteiger partial charge in [-0.15, -0.1) is 0 Å². The molecule has 5 heteroatoms. The van der Waals surface area contributed by atoms with E-state index in [1.54, 1.807) is 0 Å². The first kappa shape index (κ1) is 16.1. The van der Waals surface area contributed by atoms with Crippen LogP contribution in [0.3, 0.4) is 0 Å². The molecule has 0 bridgehead atoms. The van der Waals surface area contributed by atoms with Gasteiger partial charge >= 0.3 is 6.09 Å². The fourth-order valence-corrected chi connectivity index (χ4v) is 2.88. The molecule has 0 aromatic heterocycles. The lowest BCUT2D eigenvalue weighted by Crippen LogP contribution is -2.42. The number of Topliss-reactive ketones (excluding diaryl/α,β-unsaturated/α-hetero) is 1. The lowest BCUT2D eigenvalue weighted by Gasteiger charge is -2.29. The van der Waals surface area contributed by atoms with E-state index >= 15 is 0 Å². The number of hydrogen-bond acceptors (Lipinski definition) is 3. The summed E-state index contributed by atoms with van der Waals surface area (Å²) < 4.78 is 5.74. The van der Waals surface area contributed by atoms with E-state index in [1.165, 1.54) is 0 Å². The zero-order valence-electron chi connectivity index (χ0n) is 13.2. The summed E-state index contributed by atoms with van der Waals surface area (Å²) in [7, 11) is 0. The van der Waals surface area contributed by atoms with Crippen LogP contribution < -0.4 is 4.74 Å². The van der Waals surface area contributed by atoms with Crippen molar-refractivity contribution in [2.45, 2.75) is 18.9 Å². The van der Waals surface area contributed by atoms with Crippen LogP contribution in [0.2, 0.25) is 0 Å². The smallest absolute Gasteiger partial charge is 0.407 e. The molecule has 0 saturated carbocycles. The van der Waals surface area contributed by atoms with E-state index in [0.29, 0.717) is 19.6 Å². The minimum Gasteiger partial charge on any atom is -0.489 e. The van der Waals surface area contributed by atoms with Crippen LogP contribution in [0, 0.1) is 0 Å². The lowest BCUT2D eigenvalue weighted by atomic mass is 9.88. The maximum absolute atomic E-state index is 12.2. The highest BCUT2D eigenvalue weighted by atomic mass is 16.5. The van der Waals surface area contributed by atoms with Gasteiger partial charge in [0, 0.05) is 12.5 Å². The van der Waals surface area contributed by atoms with Crippen LogP contribution in [0.4, 0.5) is 4.79 Å². The van der Waals surface area contributed by atoms with E-state index in [-0.39, 0.29) is 18.2 Å². The first-order valence-corrected chi connectivity index (χ1v) is 7.91. The predicted molar refractivity (Wildman–Crippen MR) is 89.2 cm³/mol. The second-order valence-electron chi connectivity index (χ2n) is 5.86. The molecule has 1 saturated heterocycles. The van der Waals surface area contributed by atoms with Gasteiger partial charge in [-0.25, -0.2) is 4.79 Å². The van der Waals surface area contributed by atoms with Crippen molar-refractivity contribution < 1.29 is 19.4 Å². The van der Waals surface area contributed by atoms with Crippen molar-refractivity contribution in [3.8, 4) is 5.75 Å². The maximum Gasteiger partial charge on any atom is 0.407 e. The molecule has 0 radical (unpaired) electrons. The van der Waals surface area contributed by atoms with Crippen LogP contribution in [0.1, 0.15) is 23.5 Å². The second kappa shape index (κ2) is 7.17. The summed E-state index contributed by atoms with van der Waals surface area (Å²) in [5.74, 6) is 0.461. The Morgan fingerprint density at radius 1 is 1.12 bits per heavy atom. The predicted octanol–water partition coefficient (Wildman–Crippen LogP) is 3.30. The molecule has 2 aromatic carbocycles. The summed E-state index contributed by atoms with van der Waals surface area (Å²) >= 11 is 0. The van der Waals surface area contributed by atoms with Crippen LogP contribution in [-0.4, -0.2) is 35.0 Å². The molecule has 1 aliphatic heterocycles. The SMILES string of the molecule is O=C1CN(C(=O)O)CCC1c1ccc(OCc2ccccc2)cc1. The highest BCUT2D eigenvalue weighted by molar-refractivity contribution is 5.90. The van der Waals surface area contributed by atoms with Gasteiger partial charge in [-0.2, -0.15) is 0 Å². The number of hydrogen-bond donors (Lipinski definition) is 1. The number of nitrogens with zero attached hydrogens (tertiary/aromatic N) is 1. The number of amides is 1. The molecule has 1 heterocycles. The topological polar surface area (TPSA) is 66.8 Å². The summed E-state index contributed by atoms with van der Waals surface area (Å²) in [4.78, 5) is 24.3. The van der Waals surface area contributed by atoms with E-state index < -0.39 is 6.09 Å². The van der Waals surface area contributed by atoms with Crippen molar-refractivity contribution in [2.75, 3.05) is 13.1 Å². The third-order valence-corrected chi connectivity index (χ3v) is 4.22. The Kier molecular flexibility index (Phi) is 4.79. The molecule has 0 spiro atoms. The van der Waals surface area contributed by atoms with Crippen LogP contribution >= 0.6 is 0 Å². The fraction of sp³-hybridized carbons (Fsp3) is 0.263. The molecule has 1 fully saturated rings. The number of carboxylic acid groups (broad SMARTS) is 1. The van der Waals surface area contributed by atoms with Gasteiger partial charge in [0.2, 0.25) is 0 Å². The molecule has 1 aliphatic rings. The summed E-state index contributed by atoms with van der Waals surface area (Å²) in [6.07, 6.45) is -0.513. The van der Waals surface area contributed by atoms with Gasteiger partial charge < -0.3 is 14.7 Å². The van der Waals surface area contributed by atoms with Crippen molar-refractivity contribution in [1.29, 1.82) is 0 Å². The zero-order chi connectivity index (χ0) is 16.9. The molecule has 0 aliphatic carbocycles. The summed E-state index contributed by atoms with van der Waals surface area (Å²) in [6.45, 7) is 0.848. The van der Waals surface area contributed by atoms with Crippen molar-refractivity contribution >= 4 is 11.9 Å². The van der Waals surface area contributed by atoms with Crippen LogP contribution in [0.25, 0.3) is 0 Å². The minimum absolute atomic E-state index is 0.0355.